The fourth-order valence-corrected chi connectivity index (χ4v) is 2.68. The molecule has 0 heterocycles. The standard InChI is InChI=1S/C14H28N4O2/c1-18(2)14(20)17-9-8-16-13(19)12-5-3-4-11(10-12)6-7-15/h11-12H,3-10,15H2,1-2H3,(H,16,19)(H,17,20). The summed E-state index contributed by atoms with van der Waals surface area (Å²) >= 11 is 0. The van der Waals surface area contributed by atoms with E-state index in [1.54, 1.807) is 14.1 Å². The van der Waals surface area contributed by atoms with Gasteiger partial charge in [-0.1, -0.05) is 12.8 Å². The topological polar surface area (TPSA) is 87.5 Å². The first kappa shape index (κ1) is 16.8. The number of urea groups is 1. The van der Waals surface area contributed by atoms with Crippen LogP contribution in [0.5, 0.6) is 0 Å². The monoisotopic (exact) mass is 284 g/mol. The summed E-state index contributed by atoms with van der Waals surface area (Å²) in [5, 5.41) is 5.63. The fraction of sp³-hybridized carbons (Fsp3) is 0.857. The summed E-state index contributed by atoms with van der Waals surface area (Å²) < 4.78 is 0. The zero-order valence-electron chi connectivity index (χ0n) is 12.7. The van der Waals surface area contributed by atoms with Crippen LogP contribution in [0.4, 0.5) is 4.79 Å². The first-order valence-electron chi connectivity index (χ1n) is 7.47. The van der Waals surface area contributed by atoms with Gasteiger partial charge in [0.05, 0.1) is 0 Å². The zero-order valence-corrected chi connectivity index (χ0v) is 12.7. The molecule has 4 N–H and O–H groups in total. The average Bonchev–Trinajstić information content (AvgIpc) is 2.43. The van der Waals surface area contributed by atoms with Gasteiger partial charge in [0.2, 0.25) is 5.91 Å². The number of rotatable bonds is 6. The lowest BCUT2D eigenvalue weighted by Crippen LogP contribution is -2.41. The molecular formula is C14H28N4O2. The van der Waals surface area contributed by atoms with Crippen molar-refractivity contribution in [3.05, 3.63) is 0 Å². The Bertz CT molecular complexity index is 318. The van der Waals surface area contributed by atoms with Crippen molar-refractivity contribution in [2.45, 2.75) is 32.1 Å². The van der Waals surface area contributed by atoms with Crippen LogP contribution in [-0.2, 0) is 4.79 Å². The highest BCUT2D eigenvalue weighted by atomic mass is 16.2. The molecule has 0 bridgehead atoms. The van der Waals surface area contributed by atoms with Gasteiger partial charge in [-0.25, -0.2) is 4.79 Å². The van der Waals surface area contributed by atoms with Crippen LogP contribution >= 0.6 is 0 Å². The molecule has 0 saturated heterocycles. The van der Waals surface area contributed by atoms with Gasteiger partial charge in [-0.2, -0.15) is 0 Å². The lowest BCUT2D eigenvalue weighted by atomic mass is 9.79. The van der Waals surface area contributed by atoms with Crippen molar-refractivity contribution >= 4 is 11.9 Å². The quantitative estimate of drug-likeness (QED) is 0.622. The predicted octanol–water partition coefficient (Wildman–Crippen LogP) is 0.529. The van der Waals surface area contributed by atoms with E-state index in [1.165, 1.54) is 11.3 Å². The Morgan fingerprint density at radius 2 is 1.90 bits per heavy atom. The van der Waals surface area contributed by atoms with Crippen molar-refractivity contribution in [2.24, 2.45) is 17.6 Å². The Labute approximate surface area is 121 Å². The van der Waals surface area contributed by atoms with Gasteiger partial charge in [0, 0.05) is 33.1 Å². The van der Waals surface area contributed by atoms with Crippen LogP contribution in [0.3, 0.4) is 0 Å². The molecular weight excluding hydrogens is 256 g/mol. The summed E-state index contributed by atoms with van der Waals surface area (Å²) in [6, 6.07) is -0.139. The first-order valence-corrected chi connectivity index (χ1v) is 7.47. The maximum Gasteiger partial charge on any atom is 0.316 e. The fourth-order valence-electron chi connectivity index (χ4n) is 2.68. The summed E-state index contributed by atoms with van der Waals surface area (Å²) in [7, 11) is 3.38. The van der Waals surface area contributed by atoms with Gasteiger partial charge >= 0.3 is 6.03 Å². The van der Waals surface area contributed by atoms with Gasteiger partial charge in [-0.05, 0) is 31.7 Å². The smallest absolute Gasteiger partial charge is 0.316 e. The van der Waals surface area contributed by atoms with Crippen molar-refractivity contribution in [1.82, 2.24) is 15.5 Å². The number of carbonyl (C=O) groups excluding carboxylic acids is 2. The molecule has 20 heavy (non-hydrogen) atoms. The molecule has 1 rings (SSSR count). The molecule has 0 aromatic carbocycles. The highest BCUT2D eigenvalue weighted by molar-refractivity contribution is 5.78. The summed E-state index contributed by atoms with van der Waals surface area (Å²) in [6.45, 7) is 1.65. The van der Waals surface area contributed by atoms with E-state index in [0.29, 0.717) is 25.6 Å². The maximum absolute atomic E-state index is 12.1. The van der Waals surface area contributed by atoms with E-state index < -0.39 is 0 Å². The van der Waals surface area contributed by atoms with Crippen LogP contribution in [0.1, 0.15) is 32.1 Å². The molecule has 0 aromatic heterocycles. The van der Waals surface area contributed by atoms with Crippen molar-refractivity contribution in [1.29, 1.82) is 0 Å². The minimum absolute atomic E-state index is 0.116. The highest BCUT2D eigenvalue weighted by Gasteiger charge is 2.26. The number of carbonyl (C=O) groups is 2. The molecule has 1 aliphatic rings. The van der Waals surface area contributed by atoms with Crippen molar-refractivity contribution < 1.29 is 9.59 Å². The SMILES string of the molecule is CN(C)C(=O)NCCNC(=O)C1CCCC(CCN)C1. The maximum atomic E-state index is 12.1. The summed E-state index contributed by atoms with van der Waals surface area (Å²) in [4.78, 5) is 24.8. The molecule has 0 radical (unpaired) electrons. The molecule has 0 spiro atoms. The number of nitrogens with two attached hydrogens (primary N) is 1. The van der Waals surface area contributed by atoms with Gasteiger partial charge in [0.15, 0.2) is 0 Å². The minimum Gasteiger partial charge on any atom is -0.354 e. The number of nitrogens with zero attached hydrogens (tertiary/aromatic N) is 1. The molecule has 2 unspecified atom stereocenters. The van der Waals surface area contributed by atoms with Gasteiger partial charge in [0.25, 0.3) is 0 Å². The normalized spacial score (nSPS) is 22.1. The summed E-state index contributed by atoms with van der Waals surface area (Å²) in [5.74, 6) is 0.827. The van der Waals surface area contributed by atoms with Crippen LogP contribution in [-0.4, -0.2) is 50.6 Å². The van der Waals surface area contributed by atoms with E-state index in [0.717, 1.165) is 25.7 Å². The third kappa shape index (κ3) is 5.77. The van der Waals surface area contributed by atoms with Crippen LogP contribution in [0.2, 0.25) is 0 Å². The Morgan fingerprint density at radius 1 is 1.20 bits per heavy atom. The molecule has 2 atom stereocenters. The Hall–Kier alpha value is -1.30. The summed E-state index contributed by atoms with van der Waals surface area (Å²) in [6.07, 6.45) is 5.24. The minimum atomic E-state index is -0.139. The van der Waals surface area contributed by atoms with Crippen LogP contribution < -0.4 is 16.4 Å². The van der Waals surface area contributed by atoms with Gasteiger partial charge < -0.3 is 21.3 Å². The molecule has 1 fully saturated rings. The number of hydrogen-bond acceptors (Lipinski definition) is 3. The van der Waals surface area contributed by atoms with Gasteiger partial charge in [-0.3, -0.25) is 4.79 Å². The zero-order chi connectivity index (χ0) is 15.0. The second kappa shape index (κ2) is 8.79. The third-order valence-corrected chi connectivity index (χ3v) is 3.84. The van der Waals surface area contributed by atoms with Crippen molar-refractivity contribution in [2.75, 3.05) is 33.7 Å². The second-order valence-electron chi connectivity index (χ2n) is 5.72. The van der Waals surface area contributed by atoms with Crippen molar-refractivity contribution in [3.63, 3.8) is 0 Å². The average molecular weight is 284 g/mol. The predicted molar refractivity (Wildman–Crippen MR) is 79.2 cm³/mol. The van der Waals surface area contributed by atoms with E-state index >= 15 is 0 Å². The molecule has 6 nitrogen and oxygen atoms in total. The van der Waals surface area contributed by atoms with Gasteiger partial charge in [-0.15, -0.1) is 0 Å². The molecule has 116 valence electrons. The van der Waals surface area contributed by atoms with E-state index in [4.69, 9.17) is 5.73 Å². The summed E-state index contributed by atoms with van der Waals surface area (Å²) in [5.41, 5.74) is 5.59. The van der Waals surface area contributed by atoms with Crippen LogP contribution in [0.15, 0.2) is 0 Å². The molecule has 3 amide bonds. The Kier molecular flexibility index (Phi) is 7.36. The first-order chi connectivity index (χ1) is 9.54. The molecule has 0 aromatic rings. The van der Waals surface area contributed by atoms with Crippen LogP contribution in [0, 0.1) is 11.8 Å². The largest absolute Gasteiger partial charge is 0.354 e. The van der Waals surface area contributed by atoms with E-state index in [1.807, 2.05) is 0 Å². The lowest BCUT2D eigenvalue weighted by molar-refractivity contribution is -0.126. The lowest BCUT2D eigenvalue weighted by Gasteiger charge is -2.28. The number of hydrogen-bond donors (Lipinski definition) is 3. The van der Waals surface area contributed by atoms with E-state index in [9.17, 15) is 9.59 Å². The second-order valence-corrected chi connectivity index (χ2v) is 5.72. The van der Waals surface area contributed by atoms with E-state index in [-0.39, 0.29) is 17.9 Å². The molecule has 0 aliphatic heterocycles. The van der Waals surface area contributed by atoms with Gasteiger partial charge in [0.1, 0.15) is 0 Å². The third-order valence-electron chi connectivity index (χ3n) is 3.84. The van der Waals surface area contributed by atoms with E-state index in [2.05, 4.69) is 10.6 Å². The Balaban J connectivity index is 2.20. The highest BCUT2D eigenvalue weighted by Crippen LogP contribution is 2.30. The molecule has 6 heteroatoms. The van der Waals surface area contributed by atoms with Crippen molar-refractivity contribution in [3.8, 4) is 0 Å². The van der Waals surface area contributed by atoms with Crippen LogP contribution in [0.25, 0.3) is 0 Å². The number of amides is 3. The molecule has 1 aliphatic carbocycles. The number of nitrogens with one attached hydrogen (secondary N) is 2. The molecule has 1 saturated carbocycles. The Morgan fingerprint density at radius 3 is 2.55 bits per heavy atom.